The van der Waals surface area contributed by atoms with Gasteiger partial charge in [-0.1, -0.05) is 19.4 Å². The summed E-state index contributed by atoms with van der Waals surface area (Å²) in [5.74, 6) is 0.968. The summed E-state index contributed by atoms with van der Waals surface area (Å²) in [5, 5.41) is 5.46. The fourth-order valence-electron chi connectivity index (χ4n) is 2.66. The van der Waals surface area contributed by atoms with Crippen molar-refractivity contribution in [1.82, 2.24) is 10.2 Å². The number of thiophene rings is 1. The molecule has 0 radical (unpaired) electrons. The van der Waals surface area contributed by atoms with Crippen LogP contribution in [0.15, 0.2) is 17.5 Å². The molecular weight excluding hydrogens is 256 g/mol. The van der Waals surface area contributed by atoms with E-state index in [1.54, 1.807) is 11.3 Å². The highest BCUT2D eigenvalue weighted by atomic mass is 32.1. The number of hydrogen-bond acceptors (Lipinski definition) is 3. The molecule has 0 bridgehead atoms. The molecular formula is C15H24N2OS. The van der Waals surface area contributed by atoms with Gasteiger partial charge in [-0.2, -0.15) is 0 Å². The van der Waals surface area contributed by atoms with Crippen molar-refractivity contribution in [2.24, 2.45) is 5.92 Å². The van der Waals surface area contributed by atoms with Crippen LogP contribution in [0.2, 0.25) is 0 Å². The van der Waals surface area contributed by atoms with Crippen LogP contribution in [0.5, 0.6) is 0 Å². The Kier molecular flexibility index (Phi) is 5.40. The lowest BCUT2D eigenvalue weighted by Crippen LogP contribution is -2.49. The van der Waals surface area contributed by atoms with Gasteiger partial charge < -0.3 is 10.2 Å². The maximum Gasteiger partial charge on any atom is 0.239 e. The highest BCUT2D eigenvalue weighted by Crippen LogP contribution is 2.20. The minimum Gasteiger partial charge on any atom is -0.344 e. The van der Waals surface area contributed by atoms with E-state index in [-0.39, 0.29) is 11.9 Å². The molecule has 0 aliphatic carbocycles. The molecule has 1 aromatic heterocycles. The van der Waals surface area contributed by atoms with Crippen molar-refractivity contribution in [2.75, 3.05) is 20.1 Å². The van der Waals surface area contributed by atoms with Crippen LogP contribution in [0.25, 0.3) is 0 Å². The minimum absolute atomic E-state index is 0.0343. The molecule has 0 saturated carbocycles. The Balaban J connectivity index is 1.81. The smallest absolute Gasteiger partial charge is 0.239 e. The molecule has 2 atom stereocenters. The third-order valence-corrected chi connectivity index (χ3v) is 4.97. The molecule has 0 spiro atoms. The molecule has 1 N–H and O–H groups in total. The summed E-state index contributed by atoms with van der Waals surface area (Å²) >= 11 is 1.76. The molecule has 2 heterocycles. The Morgan fingerprint density at radius 2 is 2.42 bits per heavy atom. The van der Waals surface area contributed by atoms with E-state index in [2.05, 4.69) is 29.8 Å². The summed E-state index contributed by atoms with van der Waals surface area (Å²) in [6.45, 7) is 4.01. The first-order valence-electron chi connectivity index (χ1n) is 7.21. The van der Waals surface area contributed by atoms with E-state index in [4.69, 9.17) is 0 Å². The molecule has 1 aromatic rings. The minimum atomic E-state index is 0.0343. The lowest BCUT2D eigenvalue weighted by atomic mass is 9.90. The van der Waals surface area contributed by atoms with Gasteiger partial charge >= 0.3 is 0 Å². The lowest BCUT2D eigenvalue weighted by molar-refractivity contribution is -0.133. The van der Waals surface area contributed by atoms with Crippen molar-refractivity contribution in [3.63, 3.8) is 0 Å². The monoisotopic (exact) mass is 280 g/mol. The Morgan fingerprint density at radius 3 is 3.11 bits per heavy atom. The number of rotatable bonds is 5. The SMILES string of the molecule is CCC1CCNC(C(=O)N(C)CCc2cccs2)C1. The van der Waals surface area contributed by atoms with Gasteiger partial charge in [0.2, 0.25) is 5.91 Å². The van der Waals surface area contributed by atoms with E-state index in [1.807, 2.05) is 11.9 Å². The summed E-state index contributed by atoms with van der Waals surface area (Å²) in [6, 6.07) is 4.23. The second kappa shape index (κ2) is 7.06. The third-order valence-electron chi connectivity index (χ3n) is 4.04. The Bertz CT molecular complexity index is 391. The maximum absolute atomic E-state index is 12.4. The molecule has 2 unspecified atom stereocenters. The molecule has 3 nitrogen and oxygen atoms in total. The Hall–Kier alpha value is -0.870. The number of carbonyl (C=O) groups is 1. The number of nitrogens with zero attached hydrogens (tertiary/aromatic N) is 1. The predicted molar refractivity (Wildman–Crippen MR) is 80.5 cm³/mol. The van der Waals surface area contributed by atoms with Crippen LogP contribution >= 0.6 is 11.3 Å². The van der Waals surface area contributed by atoms with Gasteiger partial charge in [0.25, 0.3) is 0 Å². The van der Waals surface area contributed by atoms with Crippen LogP contribution in [0.3, 0.4) is 0 Å². The van der Waals surface area contributed by atoms with Gasteiger partial charge in [0.15, 0.2) is 0 Å². The number of nitrogens with one attached hydrogen (secondary N) is 1. The van der Waals surface area contributed by atoms with Gasteiger partial charge in [-0.05, 0) is 43.2 Å². The molecule has 106 valence electrons. The van der Waals surface area contributed by atoms with E-state index in [0.717, 1.165) is 25.9 Å². The summed E-state index contributed by atoms with van der Waals surface area (Å²) in [4.78, 5) is 15.6. The number of piperidine rings is 1. The molecule has 2 rings (SSSR count). The fourth-order valence-corrected chi connectivity index (χ4v) is 3.36. The van der Waals surface area contributed by atoms with E-state index in [1.165, 1.54) is 17.7 Å². The van der Waals surface area contributed by atoms with Gasteiger partial charge in [0.05, 0.1) is 6.04 Å². The fraction of sp³-hybridized carbons (Fsp3) is 0.667. The molecule has 4 heteroatoms. The largest absolute Gasteiger partial charge is 0.344 e. The van der Waals surface area contributed by atoms with Crippen LogP contribution < -0.4 is 5.32 Å². The summed E-state index contributed by atoms with van der Waals surface area (Å²) in [5.41, 5.74) is 0. The van der Waals surface area contributed by atoms with Gasteiger partial charge in [-0.3, -0.25) is 4.79 Å². The van der Waals surface area contributed by atoms with Gasteiger partial charge in [0.1, 0.15) is 0 Å². The average molecular weight is 280 g/mol. The number of likely N-dealkylation sites (N-methyl/N-ethyl adjacent to an activating group) is 1. The zero-order chi connectivity index (χ0) is 13.7. The summed E-state index contributed by atoms with van der Waals surface area (Å²) in [6.07, 6.45) is 4.35. The summed E-state index contributed by atoms with van der Waals surface area (Å²) < 4.78 is 0. The molecule has 1 aliphatic rings. The van der Waals surface area contributed by atoms with Gasteiger partial charge in [-0.15, -0.1) is 11.3 Å². The zero-order valence-corrected chi connectivity index (χ0v) is 12.7. The Labute approximate surface area is 120 Å². The number of amides is 1. The van der Waals surface area contributed by atoms with Crippen molar-refractivity contribution >= 4 is 17.2 Å². The molecule has 1 fully saturated rings. The normalized spacial score (nSPS) is 23.3. The van der Waals surface area contributed by atoms with E-state index >= 15 is 0 Å². The highest BCUT2D eigenvalue weighted by molar-refractivity contribution is 7.09. The van der Waals surface area contributed by atoms with E-state index in [0.29, 0.717) is 5.92 Å². The molecule has 0 aromatic carbocycles. The van der Waals surface area contributed by atoms with Crippen LogP contribution in [-0.2, 0) is 11.2 Å². The molecule has 1 amide bonds. The number of carbonyl (C=O) groups excluding carboxylic acids is 1. The van der Waals surface area contributed by atoms with Gasteiger partial charge in [-0.25, -0.2) is 0 Å². The average Bonchev–Trinajstić information content (AvgIpc) is 2.97. The highest BCUT2D eigenvalue weighted by Gasteiger charge is 2.27. The predicted octanol–water partition coefficient (Wildman–Crippen LogP) is 2.53. The quantitative estimate of drug-likeness (QED) is 0.899. The van der Waals surface area contributed by atoms with Crippen LogP contribution in [0.4, 0.5) is 0 Å². The van der Waals surface area contributed by atoms with E-state index in [9.17, 15) is 4.79 Å². The first kappa shape index (κ1) is 14.5. The van der Waals surface area contributed by atoms with Gasteiger partial charge in [0, 0.05) is 18.5 Å². The van der Waals surface area contributed by atoms with Crippen LogP contribution in [0.1, 0.15) is 31.1 Å². The second-order valence-corrected chi connectivity index (χ2v) is 6.43. The standard InChI is InChI=1S/C15H24N2OS/c1-3-12-6-8-16-14(11-12)15(18)17(2)9-7-13-5-4-10-19-13/h4-5,10,12,14,16H,3,6-9,11H2,1-2H3. The first-order valence-corrected chi connectivity index (χ1v) is 8.09. The van der Waals surface area contributed by atoms with Crippen LogP contribution in [0, 0.1) is 5.92 Å². The number of hydrogen-bond donors (Lipinski definition) is 1. The molecule has 1 saturated heterocycles. The topological polar surface area (TPSA) is 32.3 Å². The van der Waals surface area contributed by atoms with Crippen molar-refractivity contribution in [3.05, 3.63) is 22.4 Å². The Morgan fingerprint density at radius 1 is 1.58 bits per heavy atom. The lowest BCUT2D eigenvalue weighted by Gasteiger charge is -2.31. The first-order chi connectivity index (χ1) is 9.20. The molecule has 19 heavy (non-hydrogen) atoms. The van der Waals surface area contributed by atoms with Crippen molar-refractivity contribution < 1.29 is 4.79 Å². The summed E-state index contributed by atoms with van der Waals surface area (Å²) in [7, 11) is 1.92. The van der Waals surface area contributed by atoms with Crippen molar-refractivity contribution in [2.45, 2.75) is 38.6 Å². The second-order valence-electron chi connectivity index (χ2n) is 5.39. The van der Waals surface area contributed by atoms with Crippen LogP contribution in [-0.4, -0.2) is 37.0 Å². The van der Waals surface area contributed by atoms with Crippen molar-refractivity contribution in [3.8, 4) is 0 Å². The third kappa shape index (κ3) is 4.05. The maximum atomic E-state index is 12.4. The van der Waals surface area contributed by atoms with E-state index < -0.39 is 0 Å². The van der Waals surface area contributed by atoms with Crippen molar-refractivity contribution in [1.29, 1.82) is 0 Å². The zero-order valence-electron chi connectivity index (χ0n) is 11.9. The molecule has 1 aliphatic heterocycles.